The normalized spacial score (nSPS) is 24.2. The predicted octanol–water partition coefficient (Wildman–Crippen LogP) is 4.43. The van der Waals surface area contributed by atoms with Crippen molar-refractivity contribution in [1.82, 2.24) is 4.90 Å². The van der Waals surface area contributed by atoms with E-state index in [4.69, 9.17) is 4.74 Å². The molecule has 0 aromatic rings. The van der Waals surface area contributed by atoms with Crippen LogP contribution in [0.1, 0.15) is 71.6 Å². The standard InChI is InChI=1S/C18H33NO2.ClH/c1-3-8-17(15-9-5-6-10-15)18(20)21-14-13-19-12-7-11-16(19)4-2;/h15-17H,3-14H2,1-2H3;1H. The van der Waals surface area contributed by atoms with E-state index in [0.717, 1.165) is 19.4 Å². The highest BCUT2D eigenvalue weighted by Gasteiger charge is 2.31. The summed E-state index contributed by atoms with van der Waals surface area (Å²) in [5.41, 5.74) is 0. The summed E-state index contributed by atoms with van der Waals surface area (Å²) < 4.78 is 5.64. The molecule has 1 aliphatic heterocycles. The SMILES string of the molecule is CCCC(C(=O)OCCN1CCCC1CC)C1CCCC1.Cl. The minimum Gasteiger partial charge on any atom is -0.464 e. The number of hydrogen-bond acceptors (Lipinski definition) is 3. The third-order valence-electron chi connectivity index (χ3n) is 5.46. The van der Waals surface area contributed by atoms with Crippen molar-refractivity contribution < 1.29 is 9.53 Å². The van der Waals surface area contributed by atoms with Crippen molar-refractivity contribution in [3.05, 3.63) is 0 Å². The van der Waals surface area contributed by atoms with Crippen LogP contribution in [-0.4, -0.2) is 36.6 Å². The maximum atomic E-state index is 12.4. The van der Waals surface area contributed by atoms with Crippen molar-refractivity contribution in [3.63, 3.8) is 0 Å². The average Bonchev–Trinajstić information content (AvgIpc) is 3.15. The minimum absolute atomic E-state index is 0. The fraction of sp³-hybridized carbons (Fsp3) is 0.944. The van der Waals surface area contributed by atoms with Crippen LogP contribution >= 0.6 is 12.4 Å². The van der Waals surface area contributed by atoms with Gasteiger partial charge in [0.2, 0.25) is 0 Å². The van der Waals surface area contributed by atoms with Gasteiger partial charge in [-0.2, -0.15) is 0 Å². The van der Waals surface area contributed by atoms with E-state index in [0.29, 0.717) is 18.6 Å². The second-order valence-electron chi connectivity index (χ2n) is 6.85. The Labute approximate surface area is 142 Å². The second-order valence-corrected chi connectivity index (χ2v) is 6.85. The molecule has 1 aliphatic carbocycles. The Hall–Kier alpha value is -0.280. The van der Waals surface area contributed by atoms with Crippen molar-refractivity contribution in [3.8, 4) is 0 Å². The number of likely N-dealkylation sites (tertiary alicyclic amines) is 1. The van der Waals surface area contributed by atoms with Gasteiger partial charge in [-0.15, -0.1) is 12.4 Å². The highest BCUT2D eigenvalue weighted by molar-refractivity contribution is 5.85. The first kappa shape index (κ1) is 19.8. The number of halogens is 1. The molecule has 2 atom stereocenters. The number of hydrogen-bond donors (Lipinski definition) is 0. The van der Waals surface area contributed by atoms with Crippen molar-refractivity contribution in [2.24, 2.45) is 11.8 Å². The predicted molar refractivity (Wildman–Crippen MR) is 93.4 cm³/mol. The van der Waals surface area contributed by atoms with Crippen LogP contribution in [0, 0.1) is 11.8 Å². The zero-order valence-electron chi connectivity index (χ0n) is 14.4. The lowest BCUT2D eigenvalue weighted by atomic mass is 9.87. The monoisotopic (exact) mass is 331 g/mol. The molecule has 1 heterocycles. The molecule has 2 rings (SSSR count). The summed E-state index contributed by atoms with van der Waals surface area (Å²) in [4.78, 5) is 14.9. The van der Waals surface area contributed by atoms with E-state index in [2.05, 4.69) is 18.7 Å². The maximum Gasteiger partial charge on any atom is 0.309 e. The number of rotatable bonds is 8. The highest BCUT2D eigenvalue weighted by atomic mass is 35.5. The van der Waals surface area contributed by atoms with E-state index in [1.165, 1.54) is 51.5 Å². The molecule has 0 radical (unpaired) electrons. The number of esters is 1. The highest BCUT2D eigenvalue weighted by Crippen LogP contribution is 2.34. The number of carbonyl (C=O) groups excluding carboxylic acids is 1. The molecule has 0 spiro atoms. The number of carbonyl (C=O) groups is 1. The van der Waals surface area contributed by atoms with Gasteiger partial charge in [0.25, 0.3) is 0 Å². The van der Waals surface area contributed by atoms with Crippen molar-refractivity contribution >= 4 is 18.4 Å². The smallest absolute Gasteiger partial charge is 0.309 e. The molecule has 22 heavy (non-hydrogen) atoms. The second kappa shape index (κ2) is 10.5. The molecule has 3 nitrogen and oxygen atoms in total. The molecule has 0 aromatic carbocycles. The van der Waals surface area contributed by atoms with Gasteiger partial charge in [0.05, 0.1) is 5.92 Å². The first-order chi connectivity index (χ1) is 10.3. The van der Waals surface area contributed by atoms with Crippen LogP contribution in [0.2, 0.25) is 0 Å². The summed E-state index contributed by atoms with van der Waals surface area (Å²) in [5.74, 6) is 0.835. The van der Waals surface area contributed by atoms with E-state index < -0.39 is 0 Å². The van der Waals surface area contributed by atoms with Gasteiger partial charge in [-0.05, 0) is 51.0 Å². The molecular formula is C18H34ClNO2. The Morgan fingerprint density at radius 3 is 2.55 bits per heavy atom. The zero-order valence-corrected chi connectivity index (χ0v) is 15.2. The van der Waals surface area contributed by atoms with E-state index in [1.807, 2.05) is 0 Å². The van der Waals surface area contributed by atoms with E-state index in [1.54, 1.807) is 0 Å². The molecule has 2 fully saturated rings. The molecule has 0 aromatic heterocycles. The summed E-state index contributed by atoms with van der Waals surface area (Å²) in [7, 11) is 0. The Balaban J connectivity index is 0.00000242. The van der Waals surface area contributed by atoms with E-state index in [9.17, 15) is 4.79 Å². The molecule has 1 saturated heterocycles. The molecule has 0 bridgehead atoms. The van der Waals surface area contributed by atoms with Crippen LogP contribution in [0.25, 0.3) is 0 Å². The van der Waals surface area contributed by atoms with Gasteiger partial charge < -0.3 is 4.74 Å². The summed E-state index contributed by atoms with van der Waals surface area (Å²) in [6, 6.07) is 0.713. The summed E-state index contributed by atoms with van der Waals surface area (Å²) in [6.07, 6.45) is 11.0. The first-order valence-electron chi connectivity index (χ1n) is 9.17. The average molecular weight is 332 g/mol. The van der Waals surface area contributed by atoms with Crippen LogP contribution < -0.4 is 0 Å². The summed E-state index contributed by atoms with van der Waals surface area (Å²) in [5, 5.41) is 0. The fourth-order valence-electron chi connectivity index (χ4n) is 4.24. The topological polar surface area (TPSA) is 29.5 Å². The van der Waals surface area contributed by atoms with Crippen molar-refractivity contribution in [1.29, 1.82) is 0 Å². The Morgan fingerprint density at radius 1 is 1.18 bits per heavy atom. The first-order valence-corrected chi connectivity index (χ1v) is 9.17. The molecular weight excluding hydrogens is 298 g/mol. The van der Waals surface area contributed by atoms with Crippen LogP contribution in [0.4, 0.5) is 0 Å². The molecule has 1 saturated carbocycles. The zero-order chi connectivity index (χ0) is 15.1. The fourth-order valence-corrected chi connectivity index (χ4v) is 4.24. The van der Waals surface area contributed by atoms with Crippen LogP contribution in [0.3, 0.4) is 0 Å². The van der Waals surface area contributed by atoms with Gasteiger partial charge >= 0.3 is 5.97 Å². The van der Waals surface area contributed by atoms with Gasteiger partial charge in [-0.1, -0.05) is 33.1 Å². The lowest BCUT2D eigenvalue weighted by molar-refractivity contribution is -0.151. The Kier molecular flexibility index (Phi) is 9.42. The third kappa shape index (κ3) is 5.42. The molecule has 0 amide bonds. The molecule has 0 N–H and O–H groups in total. The van der Waals surface area contributed by atoms with Gasteiger partial charge in [-0.3, -0.25) is 9.69 Å². The van der Waals surface area contributed by atoms with E-state index >= 15 is 0 Å². The summed E-state index contributed by atoms with van der Waals surface area (Å²) in [6.45, 7) is 7.12. The minimum atomic E-state index is 0. The van der Waals surface area contributed by atoms with Gasteiger partial charge in [0.15, 0.2) is 0 Å². The quantitative estimate of drug-likeness (QED) is 0.616. The summed E-state index contributed by atoms with van der Waals surface area (Å²) >= 11 is 0. The lowest BCUT2D eigenvalue weighted by Gasteiger charge is -2.25. The number of ether oxygens (including phenoxy) is 1. The Morgan fingerprint density at radius 2 is 1.91 bits per heavy atom. The van der Waals surface area contributed by atoms with Crippen LogP contribution in [-0.2, 0) is 9.53 Å². The largest absolute Gasteiger partial charge is 0.464 e. The van der Waals surface area contributed by atoms with Gasteiger partial charge in [0.1, 0.15) is 6.61 Å². The maximum absolute atomic E-state index is 12.4. The molecule has 2 unspecified atom stereocenters. The van der Waals surface area contributed by atoms with Crippen molar-refractivity contribution in [2.45, 2.75) is 77.7 Å². The molecule has 130 valence electrons. The van der Waals surface area contributed by atoms with Gasteiger partial charge in [0, 0.05) is 12.6 Å². The Bertz CT molecular complexity index is 318. The van der Waals surface area contributed by atoms with Crippen LogP contribution in [0.15, 0.2) is 0 Å². The van der Waals surface area contributed by atoms with Gasteiger partial charge in [-0.25, -0.2) is 0 Å². The number of nitrogens with zero attached hydrogens (tertiary/aromatic N) is 1. The molecule has 4 heteroatoms. The third-order valence-corrected chi connectivity index (χ3v) is 5.46. The molecule has 2 aliphatic rings. The van der Waals surface area contributed by atoms with Crippen molar-refractivity contribution in [2.75, 3.05) is 19.7 Å². The lowest BCUT2D eigenvalue weighted by Crippen LogP contribution is -2.33. The van der Waals surface area contributed by atoms with E-state index in [-0.39, 0.29) is 24.3 Å². The van der Waals surface area contributed by atoms with Crippen LogP contribution in [0.5, 0.6) is 0 Å².